The first-order valence-corrected chi connectivity index (χ1v) is 6.03. The molecule has 5 heteroatoms. The molecule has 2 aromatic carbocycles. The Kier molecular flexibility index (Phi) is 6.03. The van der Waals surface area contributed by atoms with Crippen molar-refractivity contribution in [2.75, 3.05) is 0 Å². The minimum absolute atomic E-state index is 0. The van der Waals surface area contributed by atoms with Gasteiger partial charge < -0.3 is 16.2 Å². The third kappa shape index (κ3) is 3.98. The van der Waals surface area contributed by atoms with Gasteiger partial charge in [0.2, 0.25) is 5.91 Å². The Balaban J connectivity index is 0.00000200. The maximum atomic E-state index is 11.9. The molecule has 0 bridgehead atoms. The number of halogens is 1. The van der Waals surface area contributed by atoms with Crippen molar-refractivity contribution in [2.45, 2.75) is 12.6 Å². The molecule has 0 radical (unpaired) electrons. The molecule has 1 amide bonds. The zero-order chi connectivity index (χ0) is 13.7. The molecular weight excluding hydrogens is 276 g/mol. The molecule has 0 fully saturated rings. The highest BCUT2D eigenvalue weighted by atomic mass is 35.5. The first-order chi connectivity index (χ1) is 9.18. The van der Waals surface area contributed by atoms with Gasteiger partial charge in [0.1, 0.15) is 11.8 Å². The van der Waals surface area contributed by atoms with E-state index in [1.54, 1.807) is 18.2 Å². The fourth-order valence-corrected chi connectivity index (χ4v) is 1.79. The highest BCUT2D eigenvalue weighted by Crippen LogP contribution is 2.21. The second-order valence-electron chi connectivity index (χ2n) is 4.24. The van der Waals surface area contributed by atoms with Crippen molar-refractivity contribution in [1.82, 2.24) is 5.32 Å². The van der Waals surface area contributed by atoms with Gasteiger partial charge in [-0.2, -0.15) is 0 Å². The SMILES string of the molecule is Cl.NC(C(=O)NCc1ccccc1)c1ccccc1O. The Bertz CT molecular complexity index is 561. The number of phenolic OH excluding ortho intramolecular Hbond substituents is 1. The highest BCUT2D eigenvalue weighted by Gasteiger charge is 2.18. The number of phenols is 1. The average molecular weight is 293 g/mol. The number of carbonyl (C=O) groups excluding carboxylic acids is 1. The number of hydrogen-bond acceptors (Lipinski definition) is 3. The van der Waals surface area contributed by atoms with Crippen LogP contribution in [-0.4, -0.2) is 11.0 Å². The fourth-order valence-electron chi connectivity index (χ4n) is 1.79. The molecule has 0 aromatic heterocycles. The predicted octanol–water partition coefficient (Wildman–Crippen LogP) is 2.13. The number of para-hydroxylation sites is 1. The van der Waals surface area contributed by atoms with Crippen LogP contribution in [0, 0.1) is 0 Å². The van der Waals surface area contributed by atoms with Gasteiger partial charge in [-0.05, 0) is 11.6 Å². The summed E-state index contributed by atoms with van der Waals surface area (Å²) in [6.07, 6.45) is 0. The lowest BCUT2D eigenvalue weighted by atomic mass is 10.1. The van der Waals surface area contributed by atoms with Crippen molar-refractivity contribution in [3.63, 3.8) is 0 Å². The third-order valence-electron chi connectivity index (χ3n) is 2.86. The zero-order valence-electron chi connectivity index (χ0n) is 10.8. The van der Waals surface area contributed by atoms with Crippen molar-refractivity contribution in [3.05, 3.63) is 65.7 Å². The van der Waals surface area contributed by atoms with E-state index < -0.39 is 6.04 Å². The Labute approximate surface area is 124 Å². The number of rotatable bonds is 4. The molecule has 20 heavy (non-hydrogen) atoms. The van der Waals surface area contributed by atoms with Crippen LogP contribution in [0.4, 0.5) is 0 Å². The normalized spacial score (nSPS) is 11.2. The summed E-state index contributed by atoms with van der Waals surface area (Å²) in [7, 11) is 0. The van der Waals surface area contributed by atoms with E-state index in [9.17, 15) is 9.90 Å². The number of aromatic hydroxyl groups is 1. The van der Waals surface area contributed by atoms with Crippen LogP contribution in [-0.2, 0) is 11.3 Å². The molecule has 0 saturated heterocycles. The number of amides is 1. The van der Waals surface area contributed by atoms with E-state index in [1.165, 1.54) is 6.07 Å². The van der Waals surface area contributed by atoms with Crippen molar-refractivity contribution in [3.8, 4) is 5.75 Å². The first kappa shape index (κ1) is 16.0. The van der Waals surface area contributed by atoms with E-state index in [-0.39, 0.29) is 24.1 Å². The second kappa shape index (κ2) is 7.53. The van der Waals surface area contributed by atoms with Gasteiger partial charge in [-0.15, -0.1) is 12.4 Å². The van der Waals surface area contributed by atoms with E-state index >= 15 is 0 Å². The van der Waals surface area contributed by atoms with E-state index in [2.05, 4.69) is 5.32 Å². The molecule has 0 saturated carbocycles. The lowest BCUT2D eigenvalue weighted by Crippen LogP contribution is -2.33. The third-order valence-corrected chi connectivity index (χ3v) is 2.86. The minimum atomic E-state index is -0.870. The van der Waals surface area contributed by atoms with E-state index in [0.29, 0.717) is 12.1 Å². The van der Waals surface area contributed by atoms with Crippen LogP contribution >= 0.6 is 12.4 Å². The van der Waals surface area contributed by atoms with E-state index in [1.807, 2.05) is 30.3 Å². The van der Waals surface area contributed by atoms with Crippen LogP contribution in [0.1, 0.15) is 17.2 Å². The molecule has 106 valence electrons. The summed E-state index contributed by atoms with van der Waals surface area (Å²) < 4.78 is 0. The van der Waals surface area contributed by atoms with E-state index in [4.69, 9.17) is 5.73 Å². The van der Waals surface area contributed by atoms with Crippen molar-refractivity contribution in [2.24, 2.45) is 5.73 Å². The molecule has 1 unspecified atom stereocenters. The van der Waals surface area contributed by atoms with Crippen molar-refractivity contribution >= 4 is 18.3 Å². The molecule has 2 aromatic rings. The predicted molar refractivity (Wildman–Crippen MR) is 80.6 cm³/mol. The monoisotopic (exact) mass is 292 g/mol. The number of benzene rings is 2. The van der Waals surface area contributed by atoms with Crippen molar-refractivity contribution in [1.29, 1.82) is 0 Å². The molecular formula is C15H17ClN2O2. The van der Waals surface area contributed by atoms with Crippen LogP contribution in [0.2, 0.25) is 0 Å². The number of hydrogen-bond donors (Lipinski definition) is 3. The van der Waals surface area contributed by atoms with Crippen LogP contribution < -0.4 is 11.1 Å². The molecule has 4 N–H and O–H groups in total. The van der Waals surface area contributed by atoms with Crippen LogP contribution in [0.15, 0.2) is 54.6 Å². The summed E-state index contributed by atoms with van der Waals surface area (Å²) in [4.78, 5) is 11.9. The van der Waals surface area contributed by atoms with Crippen molar-refractivity contribution < 1.29 is 9.90 Å². The summed E-state index contributed by atoms with van der Waals surface area (Å²) in [5, 5.41) is 12.4. The fraction of sp³-hybridized carbons (Fsp3) is 0.133. The number of nitrogens with two attached hydrogens (primary N) is 1. The van der Waals surface area contributed by atoms with Gasteiger partial charge in [-0.1, -0.05) is 48.5 Å². The first-order valence-electron chi connectivity index (χ1n) is 6.03. The molecule has 0 heterocycles. The summed E-state index contributed by atoms with van der Waals surface area (Å²) in [5.74, 6) is -0.282. The molecule has 0 spiro atoms. The van der Waals surface area contributed by atoms with Crippen LogP contribution in [0.3, 0.4) is 0 Å². The number of carbonyl (C=O) groups is 1. The largest absolute Gasteiger partial charge is 0.508 e. The lowest BCUT2D eigenvalue weighted by Gasteiger charge is -2.13. The quantitative estimate of drug-likeness (QED) is 0.808. The molecule has 0 aliphatic rings. The maximum Gasteiger partial charge on any atom is 0.241 e. The molecule has 1 atom stereocenters. The molecule has 0 aliphatic carbocycles. The van der Waals surface area contributed by atoms with Gasteiger partial charge in [-0.3, -0.25) is 4.79 Å². The summed E-state index contributed by atoms with van der Waals surface area (Å²) >= 11 is 0. The molecule has 4 nitrogen and oxygen atoms in total. The Morgan fingerprint density at radius 3 is 2.35 bits per heavy atom. The zero-order valence-corrected chi connectivity index (χ0v) is 11.6. The van der Waals surface area contributed by atoms with Gasteiger partial charge in [0.05, 0.1) is 0 Å². The van der Waals surface area contributed by atoms with Gasteiger partial charge in [-0.25, -0.2) is 0 Å². The summed E-state index contributed by atoms with van der Waals surface area (Å²) in [6.45, 7) is 0.418. The standard InChI is InChI=1S/C15H16N2O2.ClH/c16-14(12-8-4-5-9-13(12)18)15(19)17-10-11-6-2-1-3-7-11;/h1-9,14,18H,10,16H2,(H,17,19);1H. The highest BCUT2D eigenvalue weighted by molar-refractivity contribution is 5.85. The molecule has 2 rings (SSSR count). The van der Waals surface area contributed by atoms with Gasteiger partial charge in [0, 0.05) is 12.1 Å². The lowest BCUT2D eigenvalue weighted by molar-refractivity contribution is -0.122. The Morgan fingerprint density at radius 2 is 1.70 bits per heavy atom. The Hall–Kier alpha value is -2.04. The Morgan fingerprint density at radius 1 is 1.10 bits per heavy atom. The average Bonchev–Trinajstić information content (AvgIpc) is 2.45. The second-order valence-corrected chi connectivity index (χ2v) is 4.24. The van der Waals surface area contributed by atoms with E-state index in [0.717, 1.165) is 5.56 Å². The topological polar surface area (TPSA) is 75.4 Å². The van der Waals surface area contributed by atoms with Gasteiger partial charge in [0.15, 0.2) is 0 Å². The van der Waals surface area contributed by atoms with Gasteiger partial charge in [0.25, 0.3) is 0 Å². The maximum absolute atomic E-state index is 11.9. The minimum Gasteiger partial charge on any atom is -0.508 e. The van der Waals surface area contributed by atoms with Crippen LogP contribution in [0.25, 0.3) is 0 Å². The summed E-state index contributed by atoms with van der Waals surface area (Å²) in [5.41, 5.74) is 7.26. The van der Waals surface area contributed by atoms with Gasteiger partial charge >= 0.3 is 0 Å². The smallest absolute Gasteiger partial charge is 0.241 e. The van der Waals surface area contributed by atoms with Crippen LogP contribution in [0.5, 0.6) is 5.75 Å². The number of nitrogens with one attached hydrogen (secondary N) is 1. The molecule has 0 aliphatic heterocycles. The summed E-state index contributed by atoms with van der Waals surface area (Å²) in [6, 6.07) is 15.3.